The lowest BCUT2D eigenvalue weighted by molar-refractivity contribution is -0.128. The molecule has 1 heterocycles. The number of amides is 5. The first-order chi connectivity index (χ1) is 21.2. The van der Waals surface area contributed by atoms with Crippen LogP contribution in [0.5, 0.6) is 0 Å². The van der Waals surface area contributed by atoms with E-state index in [1.54, 1.807) is 23.1 Å². The quantitative estimate of drug-likeness (QED) is 0.186. The van der Waals surface area contributed by atoms with Crippen molar-refractivity contribution in [2.45, 2.75) is 77.6 Å². The molecule has 0 saturated heterocycles. The van der Waals surface area contributed by atoms with E-state index in [0.717, 1.165) is 17.4 Å². The number of carbonyl (C=O) groups is 4. The van der Waals surface area contributed by atoms with Crippen LogP contribution in [0.25, 0.3) is 10.9 Å². The van der Waals surface area contributed by atoms with Gasteiger partial charge in [-0.3, -0.25) is 14.4 Å². The third kappa shape index (κ3) is 11.5. The third-order valence-corrected chi connectivity index (χ3v) is 7.10. The van der Waals surface area contributed by atoms with Gasteiger partial charge in [-0.2, -0.15) is 0 Å². The predicted octanol–water partition coefficient (Wildman–Crippen LogP) is 3.15. The minimum Gasteiger partial charge on any atom is -0.389 e. The number of aliphatic hydroxyl groups excluding tert-OH is 1. The second kappa shape index (κ2) is 16.0. The van der Waals surface area contributed by atoms with E-state index in [0.29, 0.717) is 18.0 Å². The Bertz CT molecular complexity index is 1460. The molecule has 1 aromatic heterocycles. The van der Waals surface area contributed by atoms with Gasteiger partial charge >= 0.3 is 6.03 Å². The lowest BCUT2D eigenvalue weighted by Crippen LogP contribution is -2.57. The fourth-order valence-electron chi connectivity index (χ4n) is 4.71. The summed E-state index contributed by atoms with van der Waals surface area (Å²) >= 11 is 0. The zero-order valence-electron chi connectivity index (χ0n) is 26.7. The summed E-state index contributed by atoms with van der Waals surface area (Å²) in [5.74, 6) is -1.82. The molecule has 0 radical (unpaired) electrons. The number of rotatable bonds is 14. The molecule has 45 heavy (non-hydrogen) atoms. The van der Waals surface area contributed by atoms with Gasteiger partial charge in [-0.05, 0) is 57.2 Å². The SMILES string of the molecule is CC(C)CCN(CC(O)[C@H](Cc1ccccc1)NC(=O)C(CC(N)=O)NC(=O)c1ccc2ccccc2n1)C(=O)NC(C)(C)C. The fourth-order valence-corrected chi connectivity index (χ4v) is 4.71. The van der Waals surface area contributed by atoms with Gasteiger partial charge in [0.25, 0.3) is 5.91 Å². The van der Waals surface area contributed by atoms with E-state index in [4.69, 9.17) is 5.73 Å². The van der Waals surface area contributed by atoms with Crippen LogP contribution in [0.1, 0.15) is 63.5 Å². The number of primary amides is 1. The molecule has 3 aromatic rings. The maximum atomic E-state index is 13.6. The molecule has 6 N–H and O–H groups in total. The summed E-state index contributed by atoms with van der Waals surface area (Å²) in [4.78, 5) is 57.8. The Kier molecular flexibility index (Phi) is 12.4. The highest BCUT2D eigenvalue weighted by Gasteiger charge is 2.31. The second-order valence-corrected chi connectivity index (χ2v) is 12.8. The number of nitrogens with zero attached hydrogens (tertiary/aromatic N) is 2. The van der Waals surface area contributed by atoms with Gasteiger partial charge in [0.15, 0.2) is 0 Å². The molecule has 0 spiro atoms. The Hall–Kier alpha value is -4.51. The summed E-state index contributed by atoms with van der Waals surface area (Å²) in [6.07, 6.45) is -0.696. The minimum atomic E-state index is -1.32. The highest BCUT2D eigenvalue weighted by atomic mass is 16.3. The van der Waals surface area contributed by atoms with Crippen molar-refractivity contribution in [1.82, 2.24) is 25.8 Å². The normalized spacial score (nSPS) is 13.5. The standard InChI is InChI=1S/C34H46N6O5/c1-22(2)17-18-40(33(45)39-34(3,4)5)21-29(41)27(19-23-11-7-6-8-12-23)37-32(44)28(20-30(35)42)38-31(43)26-16-15-24-13-9-10-14-25(24)36-26/h6-16,22,27-29,41H,17-21H2,1-5H3,(H2,35,42)(H,37,44)(H,38,43)(H,39,45)/t27-,28?,29?/m0/s1. The number of pyridine rings is 1. The van der Waals surface area contributed by atoms with Gasteiger partial charge < -0.3 is 31.7 Å². The van der Waals surface area contributed by atoms with Crippen LogP contribution < -0.4 is 21.7 Å². The summed E-state index contributed by atoms with van der Waals surface area (Å²) < 4.78 is 0. The van der Waals surface area contributed by atoms with Crippen molar-refractivity contribution in [3.8, 4) is 0 Å². The largest absolute Gasteiger partial charge is 0.389 e. The van der Waals surface area contributed by atoms with Crippen LogP contribution in [-0.4, -0.2) is 75.6 Å². The Morgan fingerprint density at radius 2 is 1.60 bits per heavy atom. The molecule has 0 saturated carbocycles. The second-order valence-electron chi connectivity index (χ2n) is 12.8. The molecule has 3 rings (SSSR count). The van der Waals surface area contributed by atoms with Gasteiger partial charge in [-0.25, -0.2) is 9.78 Å². The number of urea groups is 1. The van der Waals surface area contributed by atoms with Crippen LogP contribution >= 0.6 is 0 Å². The molecular weight excluding hydrogens is 572 g/mol. The average molecular weight is 619 g/mol. The number of benzene rings is 2. The first kappa shape index (κ1) is 35.0. The monoisotopic (exact) mass is 618 g/mol. The first-order valence-corrected chi connectivity index (χ1v) is 15.3. The number of fused-ring (bicyclic) bond motifs is 1. The van der Waals surface area contributed by atoms with Crippen molar-refractivity contribution in [2.75, 3.05) is 13.1 Å². The van der Waals surface area contributed by atoms with Crippen LogP contribution in [0.4, 0.5) is 4.79 Å². The van der Waals surface area contributed by atoms with Crippen molar-refractivity contribution in [2.24, 2.45) is 11.7 Å². The molecule has 5 amide bonds. The van der Waals surface area contributed by atoms with Gasteiger partial charge in [-0.15, -0.1) is 0 Å². The Labute approximate surface area is 265 Å². The molecule has 242 valence electrons. The number of aromatic nitrogens is 1. The number of carbonyl (C=O) groups excluding carboxylic acids is 4. The lowest BCUT2D eigenvalue weighted by atomic mass is 9.99. The fraction of sp³-hybridized carbons (Fsp3) is 0.441. The number of nitrogens with two attached hydrogens (primary N) is 1. The van der Waals surface area contributed by atoms with Crippen molar-refractivity contribution in [3.63, 3.8) is 0 Å². The van der Waals surface area contributed by atoms with Crippen LogP contribution in [0.15, 0.2) is 66.7 Å². The zero-order valence-corrected chi connectivity index (χ0v) is 26.7. The molecule has 0 fully saturated rings. The van der Waals surface area contributed by atoms with Crippen molar-refractivity contribution in [1.29, 1.82) is 0 Å². The van der Waals surface area contributed by atoms with Gasteiger partial charge in [0.1, 0.15) is 11.7 Å². The van der Waals surface area contributed by atoms with Crippen LogP contribution in [-0.2, 0) is 16.0 Å². The van der Waals surface area contributed by atoms with Crippen molar-refractivity contribution in [3.05, 3.63) is 78.0 Å². The van der Waals surface area contributed by atoms with Gasteiger partial charge in [0.05, 0.1) is 30.6 Å². The van der Waals surface area contributed by atoms with Gasteiger partial charge in [-0.1, -0.05) is 68.4 Å². The Balaban J connectivity index is 1.83. The summed E-state index contributed by atoms with van der Waals surface area (Å²) in [5, 5.41) is 20.7. The Morgan fingerprint density at radius 1 is 0.933 bits per heavy atom. The zero-order chi connectivity index (χ0) is 33.1. The molecule has 0 aliphatic carbocycles. The van der Waals surface area contributed by atoms with Crippen LogP contribution in [0.2, 0.25) is 0 Å². The first-order valence-electron chi connectivity index (χ1n) is 15.3. The number of hydrogen-bond acceptors (Lipinski definition) is 6. The number of hydrogen-bond donors (Lipinski definition) is 5. The molecule has 11 heteroatoms. The molecule has 11 nitrogen and oxygen atoms in total. The van der Waals surface area contributed by atoms with E-state index in [1.807, 2.05) is 63.2 Å². The summed E-state index contributed by atoms with van der Waals surface area (Å²) in [6, 6.07) is 17.3. The van der Waals surface area contributed by atoms with Crippen LogP contribution in [0.3, 0.4) is 0 Å². The molecule has 2 aromatic carbocycles. The Morgan fingerprint density at radius 3 is 2.24 bits per heavy atom. The van der Waals surface area contributed by atoms with Crippen LogP contribution in [0, 0.1) is 5.92 Å². The average Bonchev–Trinajstić information content (AvgIpc) is 2.97. The summed E-state index contributed by atoms with van der Waals surface area (Å²) in [5.41, 5.74) is 6.48. The predicted molar refractivity (Wildman–Crippen MR) is 174 cm³/mol. The number of aliphatic hydroxyl groups is 1. The number of nitrogens with one attached hydrogen (secondary N) is 3. The van der Waals surface area contributed by atoms with Crippen molar-refractivity contribution < 1.29 is 24.3 Å². The smallest absolute Gasteiger partial charge is 0.317 e. The van der Waals surface area contributed by atoms with E-state index < -0.39 is 47.9 Å². The molecular formula is C34H46N6O5. The van der Waals surface area contributed by atoms with E-state index >= 15 is 0 Å². The highest BCUT2D eigenvalue weighted by molar-refractivity contribution is 5.99. The highest BCUT2D eigenvalue weighted by Crippen LogP contribution is 2.14. The molecule has 0 bridgehead atoms. The molecule has 3 atom stereocenters. The summed E-state index contributed by atoms with van der Waals surface area (Å²) in [6.45, 7) is 10.1. The van der Waals surface area contributed by atoms with Crippen molar-refractivity contribution >= 4 is 34.7 Å². The minimum absolute atomic E-state index is 0.0553. The van der Waals surface area contributed by atoms with E-state index in [1.165, 1.54) is 6.07 Å². The topological polar surface area (TPSA) is 167 Å². The summed E-state index contributed by atoms with van der Waals surface area (Å²) in [7, 11) is 0. The lowest BCUT2D eigenvalue weighted by Gasteiger charge is -2.33. The maximum Gasteiger partial charge on any atom is 0.317 e. The third-order valence-electron chi connectivity index (χ3n) is 7.10. The number of para-hydroxylation sites is 1. The van der Waals surface area contributed by atoms with E-state index in [9.17, 15) is 24.3 Å². The van der Waals surface area contributed by atoms with E-state index in [-0.39, 0.29) is 24.7 Å². The van der Waals surface area contributed by atoms with Gasteiger partial charge in [0, 0.05) is 17.5 Å². The molecule has 0 aliphatic rings. The molecule has 2 unspecified atom stereocenters. The molecule has 0 aliphatic heterocycles. The maximum absolute atomic E-state index is 13.6. The van der Waals surface area contributed by atoms with E-state index in [2.05, 4.69) is 34.8 Å². The van der Waals surface area contributed by atoms with Gasteiger partial charge in [0.2, 0.25) is 11.8 Å².